The molecule has 19 heavy (non-hydrogen) atoms. The lowest BCUT2D eigenvalue weighted by Gasteiger charge is -2.11. The maximum atomic E-state index is 11.8. The standard InChI is InChI=1S/C14H24N4O/c1-4-7-17-14(19)13-11-12(6-9-16-13)15-8-5-10-18(2)3/h6,9,11H,4-5,7-8,10H2,1-3H3,(H,15,16)(H,17,19). The van der Waals surface area contributed by atoms with Crippen molar-refractivity contribution in [2.75, 3.05) is 39.0 Å². The Morgan fingerprint density at radius 3 is 2.84 bits per heavy atom. The van der Waals surface area contributed by atoms with Crippen LogP contribution in [-0.2, 0) is 0 Å². The number of rotatable bonds is 8. The molecule has 1 heterocycles. The molecule has 0 spiro atoms. The van der Waals surface area contributed by atoms with Gasteiger partial charge in [0.15, 0.2) is 0 Å². The van der Waals surface area contributed by atoms with Crippen LogP contribution in [0.2, 0.25) is 0 Å². The molecule has 0 aliphatic heterocycles. The summed E-state index contributed by atoms with van der Waals surface area (Å²) in [5.74, 6) is -0.112. The summed E-state index contributed by atoms with van der Waals surface area (Å²) >= 11 is 0. The highest BCUT2D eigenvalue weighted by Crippen LogP contribution is 2.08. The van der Waals surface area contributed by atoms with Crippen molar-refractivity contribution in [1.29, 1.82) is 0 Å². The SMILES string of the molecule is CCCNC(=O)c1cc(NCCCN(C)C)ccn1. The Morgan fingerprint density at radius 2 is 2.16 bits per heavy atom. The Bertz CT molecular complexity index is 393. The monoisotopic (exact) mass is 264 g/mol. The lowest BCUT2D eigenvalue weighted by atomic mass is 10.3. The minimum absolute atomic E-state index is 0.112. The molecule has 5 nitrogen and oxygen atoms in total. The molecule has 1 rings (SSSR count). The molecule has 0 aromatic carbocycles. The number of amides is 1. The summed E-state index contributed by atoms with van der Waals surface area (Å²) < 4.78 is 0. The van der Waals surface area contributed by atoms with E-state index in [1.54, 1.807) is 12.3 Å². The van der Waals surface area contributed by atoms with E-state index in [9.17, 15) is 4.79 Å². The van der Waals surface area contributed by atoms with Crippen molar-refractivity contribution in [2.45, 2.75) is 19.8 Å². The summed E-state index contributed by atoms with van der Waals surface area (Å²) in [5, 5.41) is 6.13. The number of nitrogens with one attached hydrogen (secondary N) is 2. The van der Waals surface area contributed by atoms with Crippen LogP contribution in [0.5, 0.6) is 0 Å². The van der Waals surface area contributed by atoms with Gasteiger partial charge < -0.3 is 15.5 Å². The minimum atomic E-state index is -0.112. The van der Waals surface area contributed by atoms with E-state index in [4.69, 9.17) is 0 Å². The highest BCUT2D eigenvalue weighted by atomic mass is 16.1. The van der Waals surface area contributed by atoms with Crippen molar-refractivity contribution < 1.29 is 4.79 Å². The van der Waals surface area contributed by atoms with E-state index in [0.717, 1.165) is 31.6 Å². The quantitative estimate of drug-likeness (QED) is 0.700. The lowest BCUT2D eigenvalue weighted by molar-refractivity contribution is 0.0949. The van der Waals surface area contributed by atoms with Gasteiger partial charge in [-0.15, -0.1) is 0 Å². The summed E-state index contributed by atoms with van der Waals surface area (Å²) in [7, 11) is 4.12. The number of hydrogen-bond donors (Lipinski definition) is 2. The zero-order valence-corrected chi connectivity index (χ0v) is 12.1. The molecule has 0 fully saturated rings. The predicted octanol–water partition coefficient (Wildman–Crippen LogP) is 1.58. The first kappa shape index (κ1) is 15.4. The van der Waals surface area contributed by atoms with Gasteiger partial charge in [-0.2, -0.15) is 0 Å². The molecule has 2 N–H and O–H groups in total. The molecule has 1 aromatic heterocycles. The third kappa shape index (κ3) is 6.20. The number of pyridine rings is 1. The minimum Gasteiger partial charge on any atom is -0.385 e. The predicted molar refractivity (Wildman–Crippen MR) is 78.5 cm³/mol. The van der Waals surface area contributed by atoms with Crippen LogP contribution in [0.4, 0.5) is 5.69 Å². The van der Waals surface area contributed by atoms with E-state index >= 15 is 0 Å². The van der Waals surface area contributed by atoms with Gasteiger partial charge in [0.1, 0.15) is 5.69 Å². The maximum Gasteiger partial charge on any atom is 0.269 e. The molecule has 0 unspecified atom stereocenters. The molecule has 0 aliphatic rings. The van der Waals surface area contributed by atoms with Crippen molar-refractivity contribution in [2.24, 2.45) is 0 Å². The van der Waals surface area contributed by atoms with Crippen molar-refractivity contribution in [3.05, 3.63) is 24.0 Å². The van der Waals surface area contributed by atoms with Gasteiger partial charge in [-0.05, 0) is 45.6 Å². The van der Waals surface area contributed by atoms with E-state index in [2.05, 4.69) is 34.6 Å². The van der Waals surface area contributed by atoms with Crippen molar-refractivity contribution in [3.63, 3.8) is 0 Å². The van der Waals surface area contributed by atoms with E-state index in [0.29, 0.717) is 12.2 Å². The average molecular weight is 264 g/mol. The Labute approximate surface area is 115 Å². The summed E-state index contributed by atoms with van der Waals surface area (Å²) in [6.45, 7) is 4.64. The topological polar surface area (TPSA) is 57.3 Å². The van der Waals surface area contributed by atoms with Gasteiger partial charge in [0.25, 0.3) is 5.91 Å². The van der Waals surface area contributed by atoms with Crippen LogP contribution >= 0.6 is 0 Å². The van der Waals surface area contributed by atoms with Crippen molar-refractivity contribution in [1.82, 2.24) is 15.2 Å². The molecular formula is C14H24N4O. The van der Waals surface area contributed by atoms with Crippen LogP contribution in [0.15, 0.2) is 18.3 Å². The summed E-state index contributed by atoms with van der Waals surface area (Å²) in [5.41, 5.74) is 1.40. The van der Waals surface area contributed by atoms with Crippen LogP contribution in [-0.4, -0.2) is 49.5 Å². The highest BCUT2D eigenvalue weighted by Gasteiger charge is 2.06. The molecule has 0 aliphatic carbocycles. The van der Waals surface area contributed by atoms with Crippen LogP contribution < -0.4 is 10.6 Å². The van der Waals surface area contributed by atoms with E-state index < -0.39 is 0 Å². The Balaban J connectivity index is 2.45. The van der Waals surface area contributed by atoms with Gasteiger partial charge in [0.05, 0.1) is 0 Å². The molecule has 106 valence electrons. The fraction of sp³-hybridized carbons (Fsp3) is 0.571. The number of anilines is 1. The fourth-order valence-corrected chi connectivity index (χ4v) is 1.62. The number of hydrogen-bond acceptors (Lipinski definition) is 4. The molecule has 0 saturated heterocycles. The molecule has 1 aromatic rings. The molecule has 0 bridgehead atoms. The highest BCUT2D eigenvalue weighted by molar-refractivity contribution is 5.93. The van der Waals surface area contributed by atoms with Gasteiger partial charge in [-0.1, -0.05) is 6.92 Å². The van der Waals surface area contributed by atoms with E-state index in [1.807, 2.05) is 13.0 Å². The van der Waals surface area contributed by atoms with Gasteiger partial charge in [-0.25, -0.2) is 0 Å². The molecule has 0 saturated carbocycles. The van der Waals surface area contributed by atoms with E-state index in [-0.39, 0.29) is 5.91 Å². The van der Waals surface area contributed by atoms with Gasteiger partial charge in [-0.3, -0.25) is 9.78 Å². The third-order valence-corrected chi connectivity index (χ3v) is 2.64. The third-order valence-electron chi connectivity index (χ3n) is 2.64. The Kier molecular flexibility index (Phi) is 6.89. The maximum absolute atomic E-state index is 11.8. The molecule has 1 amide bonds. The molecule has 5 heteroatoms. The molecule has 0 atom stereocenters. The first-order valence-electron chi connectivity index (χ1n) is 6.76. The molecule has 0 radical (unpaired) electrons. The first-order valence-corrected chi connectivity index (χ1v) is 6.76. The second kappa shape index (κ2) is 8.48. The summed E-state index contributed by atoms with van der Waals surface area (Å²) in [4.78, 5) is 18.0. The largest absolute Gasteiger partial charge is 0.385 e. The fourth-order valence-electron chi connectivity index (χ4n) is 1.62. The Hall–Kier alpha value is -1.62. The Morgan fingerprint density at radius 1 is 1.37 bits per heavy atom. The second-order valence-electron chi connectivity index (χ2n) is 4.77. The number of nitrogens with zero attached hydrogens (tertiary/aromatic N) is 2. The van der Waals surface area contributed by atoms with Crippen LogP contribution in [0.25, 0.3) is 0 Å². The second-order valence-corrected chi connectivity index (χ2v) is 4.77. The molecular weight excluding hydrogens is 240 g/mol. The van der Waals surface area contributed by atoms with Crippen LogP contribution in [0, 0.1) is 0 Å². The lowest BCUT2D eigenvalue weighted by Crippen LogP contribution is -2.25. The number of aromatic nitrogens is 1. The zero-order chi connectivity index (χ0) is 14.1. The zero-order valence-electron chi connectivity index (χ0n) is 12.1. The van der Waals surface area contributed by atoms with Crippen molar-refractivity contribution >= 4 is 11.6 Å². The summed E-state index contributed by atoms with van der Waals surface area (Å²) in [6.07, 6.45) is 3.65. The van der Waals surface area contributed by atoms with Crippen LogP contribution in [0.1, 0.15) is 30.3 Å². The van der Waals surface area contributed by atoms with Gasteiger partial charge >= 0.3 is 0 Å². The van der Waals surface area contributed by atoms with E-state index in [1.165, 1.54) is 0 Å². The number of carbonyl (C=O) groups is 1. The van der Waals surface area contributed by atoms with Gasteiger partial charge in [0.2, 0.25) is 0 Å². The van der Waals surface area contributed by atoms with Crippen molar-refractivity contribution in [3.8, 4) is 0 Å². The average Bonchev–Trinajstić information content (AvgIpc) is 2.41. The smallest absolute Gasteiger partial charge is 0.269 e. The van der Waals surface area contributed by atoms with Crippen LogP contribution in [0.3, 0.4) is 0 Å². The van der Waals surface area contributed by atoms with Gasteiger partial charge in [0, 0.05) is 25.0 Å². The summed E-state index contributed by atoms with van der Waals surface area (Å²) in [6, 6.07) is 3.67. The number of carbonyl (C=O) groups excluding carboxylic acids is 1. The first-order chi connectivity index (χ1) is 9.13. The normalized spacial score (nSPS) is 10.5.